The van der Waals surface area contributed by atoms with Gasteiger partial charge in [0.15, 0.2) is 0 Å². The molecule has 3 aromatic rings. The number of anilines is 1. The molecule has 3 N–H and O–H groups in total. The summed E-state index contributed by atoms with van der Waals surface area (Å²) in [5.74, 6) is 0.329. The van der Waals surface area contributed by atoms with E-state index in [1.165, 1.54) is 28.2 Å². The maximum atomic E-state index is 12.7. The summed E-state index contributed by atoms with van der Waals surface area (Å²) in [6.07, 6.45) is 7.24. The molecule has 3 aliphatic heterocycles. The monoisotopic (exact) mass is 626 g/mol. The second-order valence-corrected chi connectivity index (χ2v) is 12.9. The number of carbonyl (C=O) groups excluding carboxylic acids is 1. The van der Waals surface area contributed by atoms with Crippen LogP contribution in [0, 0.1) is 0 Å². The Hall–Kier alpha value is -2.59. The lowest BCUT2D eigenvalue weighted by molar-refractivity contribution is -0.140. The minimum atomic E-state index is -1.20. The van der Waals surface area contributed by atoms with E-state index in [0.717, 1.165) is 57.8 Å². The fourth-order valence-electron chi connectivity index (χ4n) is 6.66. The van der Waals surface area contributed by atoms with Crippen LogP contribution in [0.5, 0.6) is 0 Å². The molecule has 6 rings (SSSR count). The number of likely N-dealkylation sites (tertiary alicyclic amines) is 2. The molecule has 8 nitrogen and oxygen atoms in total. The maximum Gasteiger partial charge on any atom is 0.246 e. The number of H-pyrrole nitrogens is 1. The van der Waals surface area contributed by atoms with Gasteiger partial charge in [0.25, 0.3) is 0 Å². The van der Waals surface area contributed by atoms with Gasteiger partial charge in [-0.15, -0.1) is 0 Å². The first-order chi connectivity index (χ1) is 20.8. The first-order valence-corrected chi connectivity index (χ1v) is 16.0. The van der Waals surface area contributed by atoms with Crippen LogP contribution in [0.4, 0.5) is 5.69 Å². The number of aliphatic hydroxyl groups is 2. The number of fused-ring (bicyclic) bond motifs is 1. The summed E-state index contributed by atoms with van der Waals surface area (Å²) >= 11 is 12.0. The summed E-state index contributed by atoms with van der Waals surface area (Å²) in [4.78, 5) is 22.6. The van der Waals surface area contributed by atoms with E-state index in [1.807, 2.05) is 0 Å². The SMILES string of the molecule is O=C(/C=C/c1ccc(Cl)c(Cl)c1)N1CCC(O)(C(O)CN2CCC(c3c[nH]c4ccc(N5CCOCC5)cc34)CC2)CC1. The fourth-order valence-corrected chi connectivity index (χ4v) is 6.97. The summed E-state index contributed by atoms with van der Waals surface area (Å²) in [5, 5.41) is 24.6. The van der Waals surface area contributed by atoms with Crippen molar-refractivity contribution in [3.8, 4) is 0 Å². The molecule has 0 bridgehead atoms. The molecule has 0 saturated carbocycles. The number of β-amino-alcohol motifs (C(OH)–C–C–N with tert-alkyl or cyclic N) is 1. The standard InChI is InChI=1S/C33H40Cl2N4O4/c34-28-4-1-23(19-29(28)35)2-6-32(41)39-13-9-33(42,10-14-39)31(40)22-37-11-7-24(8-12-37)27-21-36-30-5-3-25(20-26(27)30)38-15-17-43-18-16-38/h1-6,19-21,24,31,36,40,42H,7-18,22H2/b6-2+. The summed E-state index contributed by atoms with van der Waals surface area (Å²) in [6, 6.07) is 11.9. The Balaban J connectivity index is 0.994. The minimum absolute atomic E-state index is 0.126. The van der Waals surface area contributed by atoms with Gasteiger partial charge in [-0.3, -0.25) is 4.79 Å². The number of aromatic nitrogens is 1. The molecule has 3 fully saturated rings. The number of morpholine rings is 1. The highest BCUT2D eigenvalue weighted by molar-refractivity contribution is 6.42. The summed E-state index contributed by atoms with van der Waals surface area (Å²) in [6.45, 7) is 6.35. The number of aliphatic hydroxyl groups excluding tert-OH is 1. The van der Waals surface area contributed by atoms with Gasteiger partial charge >= 0.3 is 0 Å². The van der Waals surface area contributed by atoms with E-state index in [1.54, 1.807) is 29.2 Å². The van der Waals surface area contributed by atoms with E-state index in [-0.39, 0.29) is 5.91 Å². The van der Waals surface area contributed by atoms with Gasteiger partial charge in [0.2, 0.25) is 5.91 Å². The number of carbonyl (C=O) groups is 1. The third-order valence-corrected chi connectivity index (χ3v) is 10.2. The summed E-state index contributed by atoms with van der Waals surface area (Å²) in [5.41, 5.74) is 3.38. The Morgan fingerprint density at radius 3 is 2.49 bits per heavy atom. The number of halogens is 2. The van der Waals surface area contributed by atoms with Crippen molar-refractivity contribution in [3.05, 3.63) is 69.8 Å². The molecule has 1 atom stereocenters. The van der Waals surface area contributed by atoms with Gasteiger partial charge in [0.05, 0.1) is 35.0 Å². The number of aromatic amines is 1. The highest BCUT2D eigenvalue weighted by Gasteiger charge is 2.40. The van der Waals surface area contributed by atoms with E-state index in [4.69, 9.17) is 27.9 Å². The Bertz CT molecular complexity index is 1450. The van der Waals surface area contributed by atoms with Gasteiger partial charge in [0, 0.05) is 61.6 Å². The lowest BCUT2D eigenvalue weighted by atomic mass is 9.84. The number of piperidine rings is 2. The summed E-state index contributed by atoms with van der Waals surface area (Å²) in [7, 11) is 0. The second-order valence-electron chi connectivity index (χ2n) is 12.1. The van der Waals surface area contributed by atoms with Crippen LogP contribution >= 0.6 is 23.2 Å². The molecule has 43 heavy (non-hydrogen) atoms. The third kappa shape index (κ3) is 6.90. The molecule has 0 spiro atoms. The van der Waals surface area contributed by atoms with E-state index in [9.17, 15) is 15.0 Å². The van der Waals surface area contributed by atoms with Crippen molar-refractivity contribution in [2.75, 3.05) is 63.9 Å². The normalized spacial score (nSPS) is 21.1. The van der Waals surface area contributed by atoms with Crippen LogP contribution in [0.2, 0.25) is 10.0 Å². The molecule has 0 radical (unpaired) electrons. The number of benzene rings is 2. The Labute approximate surface area is 262 Å². The highest BCUT2D eigenvalue weighted by Crippen LogP contribution is 2.36. The van der Waals surface area contributed by atoms with E-state index in [0.29, 0.717) is 48.4 Å². The molecule has 3 aliphatic rings. The van der Waals surface area contributed by atoms with Gasteiger partial charge in [0.1, 0.15) is 0 Å². The molecule has 230 valence electrons. The van der Waals surface area contributed by atoms with Crippen molar-refractivity contribution in [3.63, 3.8) is 0 Å². The van der Waals surface area contributed by atoms with E-state index in [2.05, 4.69) is 39.2 Å². The number of hydrogen-bond donors (Lipinski definition) is 3. The first-order valence-electron chi connectivity index (χ1n) is 15.3. The van der Waals surface area contributed by atoms with Gasteiger partial charge < -0.3 is 34.6 Å². The quantitative estimate of drug-likeness (QED) is 0.323. The number of amides is 1. The van der Waals surface area contributed by atoms with Crippen molar-refractivity contribution in [2.45, 2.75) is 43.3 Å². The van der Waals surface area contributed by atoms with Crippen LogP contribution in [0.3, 0.4) is 0 Å². The third-order valence-electron chi connectivity index (χ3n) is 9.46. The topological polar surface area (TPSA) is 92.3 Å². The second kappa shape index (κ2) is 13.2. The van der Waals surface area contributed by atoms with Crippen LogP contribution < -0.4 is 4.90 Å². The predicted molar refractivity (Wildman–Crippen MR) is 172 cm³/mol. The zero-order valence-electron chi connectivity index (χ0n) is 24.4. The number of nitrogens with one attached hydrogen (secondary N) is 1. The van der Waals surface area contributed by atoms with Gasteiger partial charge in [-0.25, -0.2) is 0 Å². The van der Waals surface area contributed by atoms with Crippen LogP contribution in [-0.4, -0.2) is 102 Å². The van der Waals surface area contributed by atoms with E-state index < -0.39 is 11.7 Å². The molecular weight excluding hydrogens is 587 g/mol. The molecule has 10 heteroatoms. The maximum absolute atomic E-state index is 12.7. The van der Waals surface area contributed by atoms with Crippen LogP contribution in [-0.2, 0) is 9.53 Å². The largest absolute Gasteiger partial charge is 0.389 e. The highest BCUT2D eigenvalue weighted by atomic mass is 35.5. The van der Waals surface area contributed by atoms with Crippen molar-refractivity contribution in [2.24, 2.45) is 0 Å². The lowest BCUT2D eigenvalue weighted by Gasteiger charge is -2.43. The van der Waals surface area contributed by atoms with Crippen molar-refractivity contribution in [1.29, 1.82) is 0 Å². The van der Waals surface area contributed by atoms with Crippen molar-refractivity contribution in [1.82, 2.24) is 14.8 Å². The van der Waals surface area contributed by atoms with Crippen LogP contribution in [0.15, 0.2) is 48.7 Å². The van der Waals surface area contributed by atoms with Gasteiger partial charge in [-0.1, -0.05) is 29.3 Å². The number of nitrogens with zero attached hydrogens (tertiary/aromatic N) is 3. The van der Waals surface area contributed by atoms with Gasteiger partial charge in [-0.05, 0) is 92.2 Å². The fraction of sp³-hybridized carbons (Fsp3) is 0.485. The average Bonchev–Trinajstić information content (AvgIpc) is 3.46. The molecule has 2 aromatic carbocycles. The van der Waals surface area contributed by atoms with Crippen LogP contribution in [0.1, 0.15) is 42.7 Å². The summed E-state index contributed by atoms with van der Waals surface area (Å²) < 4.78 is 5.53. The number of rotatable bonds is 7. The van der Waals surface area contributed by atoms with Gasteiger partial charge in [-0.2, -0.15) is 0 Å². The minimum Gasteiger partial charge on any atom is -0.389 e. The zero-order valence-corrected chi connectivity index (χ0v) is 25.9. The Morgan fingerprint density at radius 1 is 1.02 bits per heavy atom. The van der Waals surface area contributed by atoms with E-state index >= 15 is 0 Å². The first kappa shape index (κ1) is 30.4. The molecule has 0 aliphatic carbocycles. The lowest BCUT2D eigenvalue weighted by Crippen LogP contribution is -2.56. The molecule has 1 amide bonds. The zero-order chi connectivity index (χ0) is 30.0. The molecule has 1 aromatic heterocycles. The van der Waals surface area contributed by atoms with Crippen LogP contribution in [0.25, 0.3) is 17.0 Å². The Kier molecular flexibility index (Phi) is 9.33. The number of hydrogen-bond acceptors (Lipinski definition) is 6. The Morgan fingerprint density at radius 2 is 1.77 bits per heavy atom. The number of ether oxygens (including phenoxy) is 1. The molecule has 3 saturated heterocycles. The molecule has 4 heterocycles. The smallest absolute Gasteiger partial charge is 0.246 e. The predicted octanol–water partition coefficient (Wildman–Crippen LogP) is 4.92. The molecule has 1 unspecified atom stereocenters. The molecular formula is C33H40Cl2N4O4. The average molecular weight is 628 g/mol. The van der Waals surface area contributed by atoms with Crippen molar-refractivity contribution >= 4 is 51.8 Å². The van der Waals surface area contributed by atoms with Crippen molar-refractivity contribution < 1.29 is 19.7 Å².